The quantitative estimate of drug-likeness (QED) is 0.778. The molecule has 0 aliphatic carbocycles. The fraction of sp³-hybridized carbons (Fsp3) is 0.235. The summed E-state index contributed by atoms with van der Waals surface area (Å²) >= 11 is 6.00. The van der Waals surface area contributed by atoms with Crippen molar-refractivity contribution in [3.63, 3.8) is 0 Å². The summed E-state index contributed by atoms with van der Waals surface area (Å²) in [7, 11) is 0. The average molecular weight is 357 g/mol. The minimum Gasteiger partial charge on any atom is -0.305 e. The second kappa shape index (κ2) is 6.60. The molecule has 25 heavy (non-hydrogen) atoms. The van der Waals surface area contributed by atoms with Gasteiger partial charge in [0.15, 0.2) is 11.5 Å². The van der Waals surface area contributed by atoms with Crippen LogP contribution in [0.15, 0.2) is 43.0 Å². The first kappa shape index (κ1) is 17.0. The zero-order valence-corrected chi connectivity index (χ0v) is 14.8. The molecular formula is C17H17ClN6O. The zero-order valence-electron chi connectivity index (χ0n) is 14.1. The third-order valence-corrected chi connectivity index (χ3v) is 3.74. The Labute approximate surface area is 150 Å². The number of carbonyl (C=O) groups is 1. The maximum Gasteiger partial charge on any atom is 0.277 e. The number of rotatable bonds is 3. The Morgan fingerprint density at radius 2 is 2.04 bits per heavy atom. The van der Waals surface area contributed by atoms with Gasteiger partial charge in [-0.1, -0.05) is 38.4 Å². The molecule has 0 aromatic carbocycles. The highest BCUT2D eigenvalue weighted by Crippen LogP contribution is 2.26. The molecule has 8 heteroatoms. The largest absolute Gasteiger partial charge is 0.305 e. The molecule has 3 heterocycles. The molecule has 0 aliphatic rings. The SMILES string of the molecule is CC(C)(C)c1cc(NC(=O)c2ncncc2Cl)n(-c2ccccn2)n1. The van der Waals surface area contributed by atoms with Crippen LogP contribution < -0.4 is 5.32 Å². The monoisotopic (exact) mass is 356 g/mol. The van der Waals surface area contributed by atoms with Crippen LogP contribution in [0, 0.1) is 0 Å². The fourth-order valence-electron chi connectivity index (χ4n) is 2.15. The topological polar surface area (TPSA) is 85.6 Å². The molecule has 0 unspecified atom stereocenters. The number of anilines is 1. The van der Waals surface area contributed by atoms with E-state index in [1.54, 1.807) is 10.9 Å². The summed E-state index contributed by atoms with van der Waals surface area (Å²) < 4.78 is 1.59. The minimum absolute atomic E-state index is 0.0998. The third-order valence-electron chi connectivity index (χ3n) is 3.47. The molecule has 0 saturated heterocycles. The van der Waals surface area contributed by atoms with Gasteiger partial charge in [0.2, 0.25) is 0 Å². The van der Waals surface area contributed by atoms with Gasteiger partial charge in [0.1, 0.15) is 12.1 Å². The molecule has 0 bridgehead atoms. The van der Waals surface area contributed by atoms with Crippen LogP contribution in [0.25, 0.3) is 5.82 Å². The molecule has 0 spiro atoms. The highest BCUT2D eigenvalue weighted by molar-refractivity contribution is 6.33. The number of nitrogens with zero attached hydrogens (tertiary/aromatic N) is 5. The Morgan fingerprint density at radius 3 is 2.68 bits per heavy atom. The Hall–Kier alpha value is -2.80. The van der Waals surface area contributed by atoms with E-state index in [0.29, 0.717) is 11.6 Å². The second-order valence-electron chi connectivity index (χ2n) is 6.44. The molecule has 0 fully saturated rings. The number of hydrogen-bond acceptors (Lipinski definition) is 5. The van der Waals surface area contributed by atoms with Crippen LogP contribution in [0.5, 0.6) is 0 Å². The molecule has 0 atom stereocenters. The lowest BCUT2D eigenvalue weighted by Gasteiger charge is -2.13. The van der Waals surface area contributed by atoms with Crippen LogP contribution in [0.1, 0.15) is 37.0 Å². The standard InChI is InChI=1S/C17H17ClN6O/c1-17(2,3)12-8-14(24(23-12)13-6-4-5-7-20-13)22-16(25)15-11(18)9-19-10-21-15/h4-10H,1-3H3,(H,22,25). The van der Waals surface area contributed by atoms with Crippen molar-refractivity contribution in [2.45, 2.75) is 26.2 Å². The maximum absolute atomic E-state index is 12.5. The van der Waals surface area contributed by atoms with Gasteiger partial charge in [-0.3, -0.25) is 4.79 Å². The zero-order chi connectivity index (χ0) is 18.0. The van der Waals surface area contributed by atoms with E-state index < -0.39 is 5.91 Å². The van der Waals surface area contributed by atoms with Crippen LogP contribution >= 0.6 is 11.6 Å². The van der Waals surface area contributed by atoms with E-state index in [0.717, 1.165) is 5.69 Å². The van der Waals surface area contributed by atoms with E-state index >= 15 is 0 Å². The number of pyridine rings is 1. The van der Waals surface area contributed by atoms with Crippen molar-refractivity contribution in [3.05, 3.63) is 59.4 Å². The minimum atomic E-state index is -0.440. The fourth-order valence-corrected chi connectivity index (χ4v) is 2.34. The van der Waals surface area contributed by atoms with E-state index in [-0.39, 0.29) is 16.1 Å². The first-order chi connectivity index (χ1) is 11.9. The normalized spacial score (nSPS) is 11.4. The summed E-state index contributed by atoms with van der Waals surface area (Å²) in [5.74, 6) is 0.648. The first-order valence-corrected chi connectivity index (χ1v) is 8.03. The lowest BCUT2D eigenvalue weighted by atomic mass is 9.92. The van der Waals surface area contributed by atoms with E-state index in [1.165, 1.54) is 12.5 Å². The molecule has 1 amide bonds. The average Bonchev–Trinajstić information content (AvgIpc) is 3.00. The lowest BCUT2D eigenvalue weighted by Crippen LogP contribution is -2.17. The lowest BCUT2D eigenvalue weighted by molar-refractivity contribution is 0.102. The van der Waals surface area contributed by atoms with Gasteiger partial charge >= 0.3 is 0 Å². The Kier molecular flexibility index (Phi) is 4.50. The van der Waals surface area contributed by atoms with Gasteiger partial charge < -0.3 is 5.32 Å². The van der Waals surface area contributed by atoms with Crippen molar-refractivity contribution < 1.29 is 4.79 Å². The number of halogens is 1. The number of aromatic nitrogens is 5. The van der Waals surface area contributed by atoms with Crippen molar-refractivity contribution in [1.29, 1.82) is 0 Å². The molecule has 0 radical (unpaired) electrons. The maximum atomic E-state index is 12.5. The molecule has 128 valence electrons. The number of hydrogen-bond donors (Lipinski definition) is 1. The molecule has 3 rings (SSSR count). The Bertz CT molecular complexity index is 901. The summed E-state index contributed by atoms with van der Waals surface area (Å²) in [6, 6.07) is 7.30. The third kappa shape index (κ3) is 3.66. The summed E-state index contributed by atoms with van der Waals surface area (Å²) in [4.78, 5) is 24.5. The second-order valence-corrected chi connectivity index (χ2v) is 6.85. The Balaban J connectivity index is 2.01. The predicted molar refractivity (Wildman–Crippen MR) is 95.1 cm³/mol. The molecule has 0 aliphatic heterocycles. The predicted octanol–water partition coefficient (Wildman–Crippen LogP) is 3.26. The van der Waals surface area contributed by atoms with Gasteiger partial charge in [-0.2, -0.15) is 9.78 Å². The molecule has 1 N–H and O–H groups in total. The number of carbonyl (C=O) groups excluding carboxylic acids is 1. The summed E-state index contributed by atoms with van der Waals surface area (Å²) in [5, 5.41) is 7.58. The molecule has 3 aromatic rings. The molecule has 0 saturated carbocycles. The van der Waals surface area contributed by atoms with E-state index in [1.807, 2.05) is 45.0 Å². The first-order valence-electron chi connectivity index (χ1n) is 7.65. The van der Waals surface area contributed by atoms with Gasteiger partial charge in [0.05, 0.1) is 10.7 Å². The van der Waals surface area contributed by atoms with Gasteiger partial charge in [0, 0.05) is 23.9 Å². The van der Waals surface area contributed by atoms with Gasteiger partial charge in [0.25, 0.3) is 5.91 Å². The number of amides is 1. The van der Waals surface area contributed by atoms with Crippen molar-refractivity contribution in [1.82, 2.24) is 24.7 Å². The summed E-state index contributed by atoms with van der Waals surface area (Å²) in [5.41, 5.74) is 0.733. The van der Waals surface area contributed by atoms with E-state index in [9.17, 15) is 4.79 Å². The molecule has 3 aromatic heterocycles. The smallest absolute Gasteiger partial charge is 0.277 e. The van der Waals surface area contributed by atoms with Crippen molar-refractivity contribution in [2.24, 2.45) is 0 Å². The van der Waals surface area contributed by atoms with Crippen LogP contribution in [0.2, 0.25) is 5.02 Å². The van der Waals surface area contributed by atoms with Gasteiger partial charge in [-0.05, 0) is 12.1 Å². The van der Waals surface area contributed by atoms with Crippen molar-refractivity contribution >= 4 is 23.3 Å². The summed E-state index contributed by atoms with van der Waals surface area (Å²) in [6.45, 7) is 6.14. The van der Waals surface area contributed by atoms with Gasteiger partial charge in [-0.25, -0.2) is 15.0 Å². The molecular weight excluding hydrogens is 340 g/mol. The van der Waals surface area contributed by atoms with E-state index in [2.05, 4.69) is 25.4 Å². The van der Waals surface area contributed by atoms with Crippen molar-refractivity contribution in [2.75, 3.05) is 5.32 Å². The highest BCUT2D eigenvalue weighted by atomic mass is 35.5. The van der Waals surface area contributed by atoms with Crippen LogP contribution in [0.4, 0.5) is 5.82 Å². The van der Waals surface area contributed by atoms with Crippen molar-refractivity contribution in [3.8, 4) is 5.82 Å². The Morgan fingerprint density at radius 1 is 1.24 bits per heavy atom. The van der Waals surface area contributed by atoms with Gasteiger partial charge in [-0.15, -0.1) is 0 Å². The van der Waals surface area contributed by atoms with E-state index in [4.69, 9.17) is 11.6 Å². The number of nitrogens with one attached hydrogen (secondary N) is 1. The van der Waals surface area contributed by atoms with Crippen LogP contribution in [0.3, 0.4) is 0 Å². The highest BCUT2D eigenvalue weighted by Gasteiger charge is 2.23. The van der Waals surface area contributed by atoms with Crippen LogP contribution in [-0.4, -0.2) is 30.6 Å². The molecule has 7 nitrogen and oxygen atoms in total. The summed E-state index contributed by atoms with van der Waals surface area (Å²) in [6.07, 6.45) is 4.32. The van der Waals surface area contributed by atoms with Crippen LogP contribution in [-0.2, 0) is 5.41 Å².